The summed E-state index contributed by atoms with van der Waals surface area (Å²) < 4.78 is 0. The number of fused-ring (bicyclic) bond motifs is 5. The van der Waals surface area contributed by atoms with E-state index in [1.54, 1.807) is 0 Å². The average molecular weight is 446 g/mol. The van der Waals surface area contributed by atoms with Crippen molar-refractivity contribution in [3.63, 3.8) is 0 Å². The molecule has 3 saturated carbocycles. The zero-order chi connectivity index (χ0) is 23.6. The number of ketones is 1. The van der Waals surface area contributed by atoms with Gasteiger partial charge >= 0.3 is 0 Å². The Morgan fingerprint density at radius 2 is 1.79 bits per heavy atom. The number of carbonyl (C=O) groups is 1. The molecule has 4 aliphatic carbocycles. The van der Waals surface area contributed by atoms with Gasteiger partial charge in [-0.1, -0.05) is 37.5 Å². The number of aliphatic hydroxyl groups is 1. The van der Waals surface area contributed by atoms with Gasteiger partial charge in [-0.3, -0.25) is 4.79 Å². The lowest BCUT2D eigenvalue weighted by atomic mass is 9.43. The van der Waals surface area contributed by atoms with Crippen LogP contribution in [0.5, 0.6) is 0 Å². The highest BCUT2D eigenvalue weighted by Gasteiger charge is 2.66. The summed E-state index contributed by atoms with van der Waals surface area (Å²) >= 11 is 0. The van der Waals surface area contributed by atoms with Gasteiger partial charge in [0.15, 0.2) is 5.78 Å². The van der Waals surface area contributed by atoms with Gasteiger partial charge in [-0.2, -0.15) is 0 Å². The molecule has 176 valence electrons. The summed E-state index contributed by atoms with van der Waals surface area (Å²) in [4.78, 5) is 14.5. The topological polar surface area (TPSA) is 40.5 Å². The quantitative estimate of drug-likeness (QED) is 0.591. The molecule has 3 heteroatoms. The first-order valence-corrected chi connectivity index (χ1v) is 12.8. The normalized spacial score (nSPS) is 41.8. The maximum Gasteiger partial charge on any atom is 0.155 e. The molecule has 0 heterocycles. The second-order valence-corrected chi connectivity index (χ2v) is 11.9. The van der Waals surface area contributed by atoms with Crippen LogP contribution in [-0.2, 0) is 4.79 Å². The van der Waals surface area contributed by atoms with Gasteiger partial charge in [-0.25, -0.2) is 0 Å². The van der Waals surface area contributed by atoms with Crippen molar-refractivity contribution in [3.8, 4) is 11.8 Å². The van der Waals surface area contributed by atoms with E-state index in [1.807, 2.05) is 13.0 Å². The third-order valence-corrected chi connectivity index (χ3v) is 10.2. The zero-order valence-electron chi connectivity index (χ0n) is 20.9. The average Bonchev–Trinajstić information content (AvgIpc) is 3.04. The van der Waals surface area contributed by atoms with E-state index in [9.17, 15) is 9.90 Å². The molecule has 4 aliphatic rings. The molecule has 3 nitrogen and oxygen atoms in total. The molecule has 0 bridgehead atoms. The minimum atomic E-state index is -0.904. The lowest BCUT2D eigenvalue weighted by Gasteiger charge is -2.61. The smallest absolute Gasteiger partial charge is 0.155 e. The van der Waals surface area contributed by atoms with Gasteiger partial charge < -0.3 is 10.0 Å². The van der Waals surface area contributed by atoms with Crippen molar-refractivity contribution in [1.29, 1.82) is 0 Å². The van der Waals surface area contributed by atoms with E-state index >= 15 is 0 Å². The van der Waals surface area contributed by atoms with Gasteiger partial charge in [0, 0.05) is 31.6 Å². The van der Waals surface area contributed by atoms with Gasteiger partial charge in [-0.15, -0.1) is 5.92 Å². The maximum atomic E-state index is 12.3. The van der Waals surface area contributed by atoms with Crippen LogP contribution in [0.25, 0.3) is 0 Å². The van der Waals surface area contributed by atoms with Crippen molar-refractivity contribution in [2.45, 2.75) is 77.2 Å². The molecule has 0 aromatic heterocycles. The summed E-state index contributed by atoms with van der Waals surface area (Å²) in [5, 5.41) is 11.8. The minimum Gasteiger partial charge on any atom is -0.378 e. The molecule has 5 rings (SSSR count). The fourth-order valence-corrected chi connectivity index (χ4v) is 8.50. The van der Waals surface area contributed by atoms with Crippen LogP contribution >= 0.6 is 0 Å². The molecule has 0 spiro atoms. The van der Waals surface area contributed by atoms with Crippen LogP contribution in [0.2, 0.25) is 0 Å². The molecule has 1 aromatic rings. The largest absolute Gasteiger partial charge is 0.378 e. The van der Waals surface area contributed by atoms with Gasteiger partial charge in [0.25, 0.3) is 0 Å². The van der Waals surface area contributed by atoms with Crippen molar-refractivity contribution in [2.24, 2.45) is 28.6 Å². The molecule has 1 N–H and O–H groups in total. The Morgan fingerprint density at radius 1 is 1.06 bits per heavy atom. The molecule has 7 unspecified atom stereocenters. The fraction of sp³-hybridized carbons (Fsp3) is 0.633. The summed E-state index contributed by atoms with van der Waals surface area (Å²) in [7, 11) is 4.16. The second kappa shape index (κ2) is 7.74. The Balaban J connectivity index is 1.64. The van der Waals surface area contributed by atoms with Crippen LogP contribution in [0.4, 0.5) is 5.69 Å². The van der Waals surface area contributed by atoms with Crippen LogP contribution in [0, 0.1) is 40.4 Å². The predicted octanol–water partition coefficient (Wildman–Crippen LogP) is 5.73. The molecule has 1 aromatic carbocycles. The first-order chi connectivity index (χ1) is 15.6. The van der Waals surface area contributed by atoms with Gasteiger partial charge in [0.2, 0.25) is 0 Å². The molecule has 0 amide bonds. The maximum absolute atomic E-state index is 12.3. The van der Waals surface area contributed by atoms with Crippen LogP contribution in [-0.4, -0.2) is 30.6 Å². The van der Waals surface area contributed by atoms with Gasteiger partial charge in [0.05, 0.1) is 0 Å². The molecule has 0 radical (unpaired) electrons. The van der Waals surface area contributed by atoms with E-state index in [0.29, 0.717) is 35.9 Å². The van der Waals surface area contributed by atoms with Gasteiger partial charge in [0.1, 0.15) is 5.60 Å². The van der Waals surface area contributed by atoms with Gasteiger partial charge in [-0.05, 0) is 98.3 Å². The molecule has 0 aliphatic heterocycles. The summed E-state index contributed by atoms with van der Waals surface area (Å²) in [6, 6.07) is 9.10. The lowest BCUT2D eigenvalue weighted by molar-refractivity contribution is -0.122. The van der Waals surface area contributed by atoms with E-state index in [2.05, 4.69) is 68.9 Å². The standard InChI is InChI=1S/C30H39NO2/c1-6-15-30(33)17-14-26-24-12-9-21-18-23(32)13-16-28(21,2)27(24)25(19-29(26,30)3)20-7-10-22(11-8-20)31(4)5/h7-8,10-11,18,24-27,33H,9,12-14,16-17,19H2,1-5H3. The number of rotatable bonds is 2. The number of carbonyl (C=O) groups excluding carboxylic acids is 1. The number of allylic oxidation sites excluding steroid dienone is 1. The summed E-state index contributed by atoms with van der Waals surface area (Å²) in [5.41, 5.74) is 2.94. The molecular formula is C30H39NO2. The van der Waals surface area contributed by atoms with E-state index in [0.717, 1.165) is 38.5 Å². The van der Waals surface area contributed by atoms with Crippen molar-refractivity contribution < 1.29 is 9.90 Å². The van der Waals surface area contributed by atoms with Crippen molar-refractivity contribution in [3.05, 3.63) is 41.5 Å². The highest BCUT2D eigenvalue weighted by molar-refractivity contribution is 5.91. The Labute approximate surface area is 199 Å². The Hall–Kier alpha value is -2.05. The van der Waals surface area contributed by atoms with Crippen molar-refractivity contribution in [1.82, 2.24) is 0 Å². The molecular weight excluding hydrogens is 406 g/mol. The van der Waals surface area contributed by atoms with Crippen LogP contribution in [0.15, 0.2) is 35.9 Å². The lowest BCUT2D eigenvalue weighted by Crippen LogP contribution is -2.57. The first-order valence-electron chi connectivity index (χ1n) is 12.8. The Kier molecular flexibility index (Phi) is 5.33. The highest BCUT2D eigenvalue weighted by Crippen LogP contribution is 2.70. The highest BCUT2D eigenvalue weighted by atomic mass is 16.3. The fourth-order valence-electron chi connectivity index (χ4n) is 8.50. The van der Waals surface area contributed by atoms with Crippen molar-refractivity contribution >= 4 is 11.5 Å². The minimum absolute atomic E-state index is 0.0696. The molecule has 33 heavy (non-hydrogen) atoms. The van der Waals surface area contributed by atoms with E-state index in [4.69, 9.17) is 0 Å². The van der Waals surface area contributed by atoms with Crippen LogP contribution in [0.3, 0.4) is 0 Å². The number of nitrogens with zero attached hydrogens (tertiary/aromatic N) is 1. The van der Waals surface area contributed by atoms with E-state index < -0.39 is 5.60 Å². The van der Waals surface area contributed by atoms with E-state index in [1.165, 1.54) is 16.8 Å². The summed E-state index contributed by atoms with van der Waals surface area (Å²) in [5.74, 6) is 8.55. The zero-order valence-corrected chi connectivity index (χ0v) is 20.9. The third-order valence-electron chi connectivity index (χ3n) is 10.2. The third kappa shape index (κ3) is 3.24. The van der Waals surface area contributed by atoms with Crippen LogP contribution < -0.4 is 4.90 Å². The summed E-state index contributed by atoms with van der Waals surface area (Å²) in [6.45, 7) is 6.62. The molecule has 0 saturated heterocycles. The van der Waals surface area contributed by atoms with Crippen molar-refractivity contribution in [2.75, 3.05) is 19.0 Å². The first kappa shape index (κ1) is 22.7. The monoisotopic (exact) mass is 445 g/mol. The summed E-state index contributed by atoms with van der Waals surface area (Å²) in [6.07, 6.45) is 8.58. The Morgan fingerprint density at radius 3 is 2.45 bits per heavy atom. The number of hydrogen-bond acceptors (Lipinski definition) is 3. The number of hydrogen-bond donors (Lipinski definition) is 1. The van der Waals surface area contributed by atoms with E-state index in [-0.39, 0.29) is 10.8 Å². The predicted molar refractivity (Wildman–Crippen MR) is 134 cm³/mol. The number of anilines is 1. The van der Waals surface area contributed by atoms with Crippen LogP contribution in [0.1, 0.15) is 77.2 Å². The Bertz CT molecular complexity index is 1040. The molecule has 3 fully saturated rings. The second-order valence-electron chi connectivity index (χ2n) is 11.9. The SMILES string of the molecule is CC#CC1(O)CCC2C3CCC4=CC(=O)CCC4(C)C3C(c3ccc(N(C)C)cc3)CC21C. The molecule has 7 atom stereocenters. The number of benzene rings is 1.